The summed E-state index contributed by atoms with van der Waals surface area (Å²) < 4.78 is 0. The summed E-state index contributed by atoms with van der Waals surface area (Å²) in [5.41, 5.74) is 1.35. The van der Waals surface area contributed by atoms with Gasteiger partial charge < -0.3 is 5.32 Å². The maximum Gasteiger partial charge on any atom is 0.0595 e. The standard InChI is InChI=1S/C17H24Cl2N2.2ClH/c18-15-7-6-14(12-16(15)19)17(13-4-2-1-3-5-13)21-10-8-20-9-11-21;;/h6-7,12-13,17,20H,1-5,8-11H2;2*1H/t17-;;/m1../s1. The molecular weight excluding hydrogens is 374 g/mol. The van der Waals surface area contributed by atoms with Crippen molar-refractivity contribution < 1.29 is 0 Å². The molecule has 132 valence electrons. The van der Waals surface area contributed by atoms with Crippen LogP contribution in [0.25, 0.3) is 0 Å². The molecule has 23 heavy (non-hydrogen) atoms. The summed E-state index contributed by atoms with van der Waals surface area (Å²) in [5.74, 6) is 0.758. The Hall–Kier alpha value is 0.300. The van der Waals surface area contributed by atoms with Gasteiger partial charge in [-0.3, -0.25) is 4.90 Å². The van der Waals surface area contributed by atoms with Gasteiger partial charge in [-0.25, -0.2) is 0 Å². The van der Waals surface area contributed by atoms with E-state index in [0.717, 1.165) is 32.1 Å². The van der Waals surface area contributed by atoms with E-state index in [1.807, 2.05) is 6.07 Å². The first kappa shape index (κ1) is 21.3. The minimum Gasteiger partial charge on any atom is -0.314 e. The Bertz CT molecular complexity index is 454. The first-order chi connectivity index (χ1) is 10.3. The van der Waals surface area contributed by atoms with Crippen molar-refractivity contribution in [3.8, 4) is 0 Å². The lowest BCUT2D eigenvalue weighted by molar-refractivity contribution is 0.103. The Balaban J connectivity index is 0.00000132. The van der Waals surface area contributed by atoms with Gasteiger partial charge in [-0.2, -0.15) is 0 Å². The van der Waals surface area contributed by atoms with Crippen LogP contribution in [0.2, 0.25) is 10.0 Å². The Labute approximate surface area is 162 Å². The molecule has 1 heterocycles. The third kappa shape index (κ3) is 5.39. The van der Waals surface area contributed by atoms with Gasteiger partial charge in [0.2, 0.25) is 0 Å². The summed E-state index contributed by atoms with van der Waals surface area (Å²) in [6, 6.07) is 6.72. The number of piperazine rings is 1. The molecular formula is C17H26Cl4N2. The van der Waals surface area contributed by atoms with Gasteiger partial charge in [0.05, 0.1) is 10.0 Å². The lowest BCUT2D eigenvalue weighted by Crippen LogP contribution is -2.47. The Morgan fingerprint density at radius 2 is 1.61 bits per heavy atom. The molecule has 2 fully saturated rings. The average molecular weight is 400 g/mol. The highest BCUT2D eigenvalue weighted by atomic mass is 35.5. The molecule has 0 amide bonds. The fraction of sp³-hybridized carbons (Fsp3) is 0.647. The van der Waals surface area contributed by atoms with Crippen LogP contribution in [-0.4, -0.2) is 31.1 Å². The highest BCUT2D eigenvalue weighted by Crippen LogP contribution is 2.40. The Morgan fingerprint density at radius 3 is 2.22 bits per heavy atom. The van der Waals surface area contributed by atoms with E-state index < -0.39 is 0 Å². The second-order valence-corrected chi connectivity index (χ2v) is 7.12. The van der Waals surface area contributed by atoms with Gasteiger partial charge in [0.1, 0.15) is 0 Å². The highest BCUT2D eigenvalue weighted by Gasteiger charge is 2.31. The van der Waals surface area contributed by atoms with Gasteiger partial charge in [-0.1, -0.05) is 48.5 Å². The van der Waals surface area contributed by atoms with E-state index in [-0.39, 0.29) is 24.8 Å². The number of hydrogen-bond donors (Lipinski definition) is 1. The van der Waals surface area contributed by atoms with E-state index in [9.17, 15) is 0 Å². The van der Waals surface area contributed by atoms with Crippen LogP contribution in [0.3, 0.4) is 0 Å². The zero-order valence-electron chi connectivity index (χ0n) is 13.3. The topological polar surface area (TPSA) is 15.3 Å². The predicted molar refractivity (Wildman–Crippen MR) is 105 cm³/mol. The van der Waals surface area contributed by atoms with Crippen LogP contribution in [0.1, 0.15) is 43.7 Å². The maximum absolute atomic E-state index is 6.27. The smallest absolute Gasteiger partial charge is 0.0595 e. The SMILES string of the molecule is Cl.Cl.Clc1ccc([C@@H](C2CCCCC2)N2CCNCC2)cc1Cl. The van der Waals surface area contributed by atoms with Gasteiger partial charge in [0.15, 0.2) is 0 Å². The highest BCUT2D eigenvalue weighted by molar-refractivity contribution is 6.42. The third-order valence-electron chi connectivity index (χ3n) is 4.93. The molecule has 0 bridgehead atoms. The minimum absolute atomic E-state index is 0. The van der Waals surface area contributed by atoms with E-state index in [4.69, 9.17) is 23.2 Å². The number of hydrogen-bond acceptors (Lipinski definition) is 2. The molecule has 0 spiro atoms. The molecule has 1 aliphatic carbocycles. The summed E-state index contributed by atoms with van der Waals surface area (Å²) in [5, 5.41) is 4.80. The van der Waals surface area contributed by atoms with Crippen molar-refractivity contribution in [2.75, 3.05) is 26.2 Å². The molecule has 1 saturated heterocycles. The molecule has 1 N–H and O–H groups in total. The number of nitrogens with zero attached hydrogens (tertiary/aromatic N) is 1. The molecule has 1 aliphatic heterocycles. The Morgan fingerprint density at radius 1 is 0.957 bits per heavy atom. The zero-order valence-corrected chi connectivity index (χ0v) is 16.4. The van der Waals surface area contributed by atoms with E-state index in [1.165, 1.54) is 37.7 Å². The molecule has 1 aromatic rings. The summed E-state index contributed by atoms with van der Waals surface area (Å²) >= 11 is 12.4. The van der Waals surface area contributed by atoms with Crippen molar-refractivity contribution in [3.05, 3.63) is 33.8 Å². The second kappa shape index (κ2) is 10.3. The number of nitrogens with one attached hydrogen (secondary N) is 1. The van der Waals surface area contributed by atoms with E-state index in [1.54, 1.807) is 0 Å². The van der Waals surface area contributed by atoms with Crippen molar-refractivity contribution in [1.29, 1.82) is 0 Å². The molecule has 0 aromatic heterocycles. The summed E-state index contributed by atoms with van der Waals surface area (Å²) in [6.07, 6.45) is 6.82. The van der Waals surface area contributed by atoms with Crippen LogP contribution in [0.15, 0.2) is 18.2 Å². The average Bonchev–Trinajstić information content (AvgIpc) is 2.53. The van der Waals surface area contributed by atoms with Crippen molar-refractivity contribution in [3.63, 3.8) is 0 Å². The van der Waals surface area contributed by atoms with Gasteiger partial charge in [-0.05, 0) is 36.5 Å². The van der Waals surface area contributed by atoms with Crippen molar-refractivity contribution in [2.45, 2.75) is 38.1 Å². The monoisotopic (exact) mass is 398 g/mol. The van der Waals surface area contributed by atoms with E-state index in [2.05, 4.69) is 22.3 Å². The van der Waals surface area contributed by atoms with Crippen LogP contribution < -0.4 is 5.32 Å². The van der Waals surface area contributed by atoms with Gasteiger partial charge in [-0.15, -0.1) is 24.8 Å². The Kier molecular flexibility index (Phi) is 9.58. The predicted octanol–water partition coefficient (Wildman–Crippen LogP) is 5.36. The van der Waals surface area contributed by atoms with E-state index >= 15 is 0 Å². The molecule has 1 aromatic carbocycles. The third-order valence-corrected chi connectivity index (χ3v) is 5.67. The fourth-order valence-corrected chi connectivity index (χ4v) is 4.19. The summed E-state index contributed by atoms with van der Waals surface area (Å²) in [7, 11) is 0. The van der Waals surface area contributed by atoms with Crippen molar-refractivity contribution in [2.24, 2.45) is 5.92 Å². The lowest BCUT2D eigenvalue weighted by atomic mass is 9.80. The number of halogens is 4. The van der Waals surface area contributed by atoms with Gasteiger partial charge >= 0.3 is 0 Å². The first-order valence-electron chi connectivity index (χ1n) is 8.15. The summed E-state index contributed by atoms with van der Waals surface area (Å²) in [6.45, 7) is 4.43. The van der Waals surface area contributed by atoms with E-state index in [0.29, 0.717) is 16.1 Å². The molecule has 0 unspecified atom stereocenters. The zero-order chi connectivity index (χ0) is 14.7. The van der Waals surface area contributed by atoms with Crippen LogP contribution >= 0.6 is 48.0 Å². The number of benzene rings is 1. The van der Waals surface area contributed by atoms with Crippen LogP contribution in [0.4, 0.5) is 0 Å². The van der Waals surface area contributed by atoms with Crippen molar-refractivity contribution in [1.82, 2.24) is 10.2 Å². The van der Waals surface area contributed by atoms with Gasteiger partial charge in [0.25, 0.3) is 0 Å². The molecule has 1 saturated carbocycles. The van der Waals surface area contributed by atoms with Gasteiger partial charge in [0, 0.05) is 32.2 Å². The fourth-order valence-electron chi connectivity index (χ4n) is 3.89. The maximum atomic E-state index is 6.27. The first-order valence-corrected chi connectivity index (χ1v) is 8.91. The normalized spacial score (nSPS) is 21.1. The molecule has 3 rings (SSSR count). The quantitative estimate of drug-likeness (QED) is 0.735. The van der Waals surface area contributed by atoms with Crippen LogP contribution in [-0.2, 0) is 0 Å². The molecule has 6 heteroatoms. The molecule has 0 radical (unpaired) electrons. The minimum atomic E-state index is 0. The molecule has 2 aliphatic rings. The molecule has 2 nitrogen and oxygen atoms in total. The molecule has 1 atom stereocenters. The van der Waals surface area contributed by atoms with Crippen molar-refractivity contribution >= 4 is 48.0 Å². The number of rotatable bonds is 3. The van der Waals surface area contributed by atoms with Crippen LogP contribution in [0, 0.1) is 5.92 Å². The van der Waals surface area contributed by atoms with Crippen LogP contribution in [0.5, 0.6) is 0 Å². The lowest BCUT2D eigenvalue weighted by Gasteiger charge is -2.41. The summed E-state index contributed by atoms with van der Waals surface area (Å²) in [4.78, 5) is 2.64. The largest absolute Gasteiger partial charge is 0.314 e. The second-order valence-electron chi connectivity index (χ2n) is 6.30.